The number of hydrazine groups is 1. The van der Waals surface area contributed by atoms with E-state index in [2.05, 4.69) is 21.4 Å². The summed E-state index contributed by atoms with van der Waals surface area (Å²) in [5.41, 5.74) is 4.43. The summed E-state index contributed by atoms with van der Waals surface area (Å²) in [6, 6.07) is 7.55. The van der Waals surface area contributed by atoms with Gasteiger partial charge in [0.25, 0.3) is 0 Å². The number of anilines is 1. The van der Waals surface area contributed by atoms with E-state index in [1.807, 2.05) is 24.3 Å². The van der Waals surface area contributed by atoms with Crippen molar-refractivity contribution in [2.45, 2.75) is 6.92 Å². The fourth-order valence-corrected chi connectivity index (χ4v) is 2.10. The molecule has 100 valence electrons. The van der Waals surface area contributed by atoms with Crippen molar-refractivity contribution in [2.24, 2.45) is 0 Å². The van der Waals surface area contributed by atoms with E-state index in [0.717, 1.165) is 10.2 Å². The number of benzene rings is 1. The van der Waals surface area contributed by atoms with Gasteiger partial charge in [0.15, 0.2) is 5.78 Å². The lowest BCUT2D eigenvalue weighted by molar-refractivity contribution is -0.136. The van der Waals surface area contributed by atoms with Crippen LogP contribution < -0.4 is 10.4 Å². The first kappa shape index (κ1) is 13.6. The Morgan fingerprint density at radius 2 is 1.95 bits per heavy atom. The van der Waals surface area contributed by atoms with Crippen molar-refractivity contribution >= 4 is 33.4 Å². The third-order valence-electron chi connectivity index (χ3n) is 2.79. The SMILES string of the molecule is COC(=O)C1=C(C(C)=O)NN(c2ccc(Br)cc2)C1. The Hall–Kier alpha value is -1.82. The van der Waals surface area contributed by atoms with Crippen LogP contribution in [-0.4, -0.2) is 25.4 Å². The molecule has 2 rings (SSSR count). The third kappa shape index (κ3) is 2.78. The Bertz CT molecular complexity index is 552. The molecule has 0 atom stereocenters. The molecule has 6 heteroatoms. The largest absolute Gasteiger partial charge is 0.466 e. The van der Waals surface area contributed by atoms with Gasteiger partial charge >= 0.3 is 5.97 Å². The van der Waals surface area contributed by atoms with Crippen molar-refractivity contribution in [1.82, 2.24) is 5.43 Å². The normalized spacial score (nSPS) is 14.4. The average Bonchev–Trinajstić information content (AvgIpc) is 2.84. The molecule has 0 aliphatic carbocycles. The van der Waals surface area contributed by atoms with Crippen LogP contribution in [-0.2, 0) is 14.3 Å². The number of methoxy groups -OCH3 is 1. The molecule has 1 heterocycles. The number of rotatable bonds is 3. The highest BCUT2D eigenvalue weighted by molar-refractivity contribution is 9.10. The molecule has 0 saturated heterocycles. The molecule has 1 aliphatic rings. The number of ketones is 1. The van der Waals surface area contributed by atoms with Gasteiger partial charge in [0.2, 0.25) is 0 Å². The first-order valence-electron chi connectivity index (χ1n) is 5.65. The van der Waals surface area contributed by atoms with E-state index < -0.39 is 5.97 Å². The molecule has 0 radical (unpaired) electrons. The highest BCUT2D eigenvalue weighted by Gasteiger charge is 2.29. The molecule has 19 heavy (non-hydrogen) atoms. The summed E-state index contributed by atoms with van der Waals surface area (Å²) < 4.78 is 5.66. The van der Waals surface area contributed by atoms with Crippen molar-refractivity contribution < 1.29 is 14.3 Å². The van der Waals surface area contributed by atoms with Crippen LogP contribution in [0.3, 0.4) is 0 Å². The van der Waals surface area contributed by atoms with E-state index in [0.29, 0.717) is 12.1 Å². The summed E-state index contributed by atoms with van der Waals surface area (Å²) in [4.78, 5) is 23.2. The van der Waals surface area contributed by atoms with Gasteiger partial charge in [-0.15, -0.1) is 0 Å². The van der Waals surface area contributed by atoms with Crippen LogP contribution in [0.15, 0.2) is 40.0 Å². The van der Waals surface area contributed by atoms with Crippen molar-refractivity contribution in [2.75, 3.05) is 18.7 Å². The van der Waals surface area contributed by atoms with Gasteiger partial charge in [-0.1, -0.05) is 15.9 Å². The summed E-state index contributed by atoms with van der Waals surface area (Å²) in [5.74, 6) is -0.683. The zero-order chi connectivity index (χ0) is 14.0. The minimum atomic E-state index is -0.489. The molecule has 0 fully saturated rings. The fourth-order valence-electron chi connectivity index (χ4n) is 1.84. The van der Waals surface area contributed by atoms with E-state index in [1.54, 1.807) is 5.01 Å². The molecule has 0 saturated carbocycles. The van der Waals surface area contributed by atoms with Crippen LogP contribution >= 0.6 is 15.9 Å². The maximum atomic E-state index is 11.7. The quantitative estimate of drug-likeness (QED) is 0.859. The minimum absolute atomic E-state index is 0.194. The van der Waals surface area contributed by atoms with E-state index in [1.165, 1.54) is 14.0 Å². The van der Waals surface area contributed by atoms with Gasteiger partial charge in [0, 0.05) is 11.4 Å². The van der Waals surface area contributed by atoms with Gasteiger partial charge in [-0.05, 0) is 24.3 Å². The highest BCUT2D eigenvalue weighted by atomic mass is 79.9. The predicted molar refractivity (Wildman–Crippen MR) is 74.3 cm³/mol. The monoisotopic (exact) mass is 324 g/mol. The number of nitrogens with one attached hydrogen (secondary N) is 1. The summed E-state index contributed by atoms with van der Waals surface area (Å²) in [7, 11) is 1.30. The maximum absolute atomic E-state index is 11.7. The zero-order valence-corrected chi connectivity index (χ0v) is 12.2. The topological polar surface area (TPSA) is 58.6 Å². The fraction of sp³-hybridized carbons (Fsp3) is 0.231. The lowest BCUT2D eigenvalue weighted by Gasteiger charge is -2.19. The van der Waals surface area contributed by atoms with Crippen molar-refractivity contribution in [3.63, 3.8) is 0 Å². The van der Waals surface area contributed by atoms with E-state index in [4.69, 9.17) is 4.74 Å². The molecular weight excluding hydrogens is 312 g/mol. The van der Waals surface area contributed by atoms with Gasteiger partial charge in [0.05, 0.1) is 24.9 Å². The van der Waals surface area contributed by atoms with Gasteiger partial charge in [-0.25, -0.2) is 4.79 Å². The van der Waals surface area contributed by atoms with E-state index in [9.17, 15) is 9.59 Å². The van der Waals surface area contributed by atoms with Crippen LogP contribution in [0.4, 0.5) is 5.69 Å². The number of nitrogens with zero attached hydrogens (tertiary/aromatic N) is 1. The molecule has 0 bridgehead atoms. The number of carbonyl (C=O) groups excluding carboxylic acids is 2. The second-order valence-corrected chi connectivity index (χ2v) is 4.99. The highest BCUT2D eigenvalue weighted by Crippen LogP contribution is 2.23. The number of hydrogen-bond acceptors (Lipinski definition) is 5. The molecule has 1 aromatic rings. The van der Waals surface area contributed by atoms with Gasteiger partial charge in [-0.3, -0.25) is 15.2 Å². The van der Waals surface area contributed by atoms with Crippen LogP contribution in [0, 0.1) is 0 Å². The van der Waals surface area contributed by atoms with E-state index >= 15 is 0 Å². The molecule has 1 aromatic carbocycles. The molecule has 1 N–H and O–H groups in total. The van der Waals surface area contributed by atoms with Crippen LogP contribution in [0.5, 0.6) is 0 Å². The number of hydrogen-bond donors (Lipinski definition) is 1. The minimum Gasteiger partial charge on any atom is -0.466 e. The number of esters is 1. The van der Waals surface area contributed by atoms with Crippen LogP contribution in [0.1, 0.15) is 6.92 Å². The summed E-state index contributed by atoms with van der Waals surface area (Å²) >= 11 is 3.36. The smallest absolute Gasteiger partial charge is 0.337 e. The summed E-state index contributed by atoms with van der Waals surface area (Å²) in [5, 5.41) is 1.73. The van der Waals surface area contributed by atoms with Gasteiger partial charge in [0.1, 0.15) is 5.70 Å². The van der Waals surface area contributed by atoms with Gasteiger partial charge < -0.3 is 4.74 Å². The molecule has 1 aliphatic heterocycles. The number of Topliss-reactive ketones (excluding diaryl/α,β-unsaturated/α-hetero) is 1. The molecule has 0 spiro atoms. The van der Waals surface area contributed by atoms with E-state index in [-0.39, 0.29) is 11.5 Å². The van der Waals surface area contributed by atoms with Crippen molar-refractivity contribution in [3.8, 4) is 0 Å². The predicted octanol–water partition coefficient (Wildman–Crippen LogP) is 1.79. The molecular formula is C13H13BrN2O3. The Balaban J connectivity index is 2.25. The van der Waals surface area contributed by atoms with Gasteiger partial charge in [-0.2, -0.15) is 0 Å². The second kappa shape index (κ2) is 5.44. The van der Waals surface area contributed by atoms with Crippen molar-refractivity contribution in [1.29, 1.82) is 0 Å². The van der Waals surface area contributed by atoms with Crippen LogP contribution in [0.25, 0.3) is 0 Å². The number of halogens is 1. The summed E-state index contributed by atoms with van der Waals surface area (Å²) in [6.45, 7) is 1.71. The zero-order valence-electron chi connectivity index (χ0n) is 10.6. The molecule has 0 amide bonds. The second-order valence-electron chi connectivity index (χ2n) is 4.08. The lowest BCUT2D eigenvalue weighted by atomic mass is 10.2. The number of allylic oxidation sites excluding steroid dienone is 1. The maximum Gasteiger partial charge on any atom is 0.337 e. The number of ether oxygens (including phenoxy) is 1. The third-order valence-corrected chi connectivity index (χ3v) is 3.32. The Kier molecular flexibility index (Phi) is 3.90. The summed E-state index contributed by atoms with van der Waals surface area (Å²) in [6.07, 6.45) is 0. The number of carbonyl (C=O) groups is 2. The standard InChI is InChI=1S/C13H13BrN2O3/c1-8(17)12-11(13(18)19-2)7-16(15-12)10-5-3-9(14)4-6-10/h3-6,15H,7H2,1-2H3. The van der Waals surface area contributed by atoms with Crippen molar-refractivity contribution in [3.05, 3.63) is 40.0 Å². The average molecular weight is 325 g/mol. The first-order chi connectivity index (χ1) is 9.02. The Morgan fingerprint density at radius 3 is 2.47 bits per heavy atom. The van der Waals surface area contributed by atoms with Crippen LogP contribution in [0.2, 0.25) is 0 Å². The Morgan fingerprint density at radius 1 is 1.32 bits per heavy atom. The molecule has 0 aromatic heterocycles. The Labute approximate surface area is 119 Å². The lowest BCUT2D eigenvalue weighted by Crippen LogP contribution is -2.33. The molecule has 0 unspecified atom stereocenters. The first-order valence-corrected chi connectivity index (χ1v) is 6.44. The molecule has 5 nitrogen and oxygen atoms in total.